The lowest BCUT2D eigenvalue weighted by molar-refractivity contribution is 0.386. The first kappa shape index (κ1) is 13.9. The molecule has 0 aliphatic carbocycles. The highest BCUT2D eigenvalue weighted by atomic mass is 32.1. The molecule has 0 spiro atoms. The van der Waals surface area contributed by atoms with Crippen LogP contribution < -0.4 is 20.5 Å². The van der Waals surface area contributed by atoms with Crippen LogP contribution in [0.25, 0.3) is 0 Å². The molecule has 21 heavy (non-hydrogen) atoms. The smallest absolute Gasteiger partial charge is 0.190 e. The van der Waals surface area contributed by atoms with E-state index in [9.17, 15) is 0 Å². The number of rotatable bonds is 3. The molecule has 1 atom stereocenters. The number of nitrogens with one attached hydrogen (secondary N) is 2. The van der Waals surface area contributed by atoms with Crippen molar-refractivity contribution in [1.82, 2.24) is 10.7 Å². The molecular weight excluding hydrogens is 282 g/mol. The van der Waals surface area contributed by atoms with Crippen LogP contribution in [0.1, 0.15) is 12.5 Å². The van der Waals surface area contributed by atoms with Crippen LogP contribution in [0.5, 0.6) is 5.75 Å². The van der Waals surface area contributed by atoms with E-state index < -0.39 is 5.66 Å². The average Bonchev–Trinajstić information content (AvgIpc) is 2.84. The molecule has 0 saturated carbocycles. The molecule has 1 heterocycles. The molecule has 0 radical (unpaired) electrons. The molecule has 2 aromatic rings. The summed E-state index contributed by atoms with van der Waals surface area (Å²) >= 11 is 5.45. The number of hydrazine groups is 1. The Hall–Kier alpha value is -2.11. The minimum absolute atomic E-state index is 0.445. The zero-order valence-corrected chi connectivity index (χ0v) is 12.8. The van der Waals surface area contributed by atoms with E-state index in [1.165, 1.54) is 0 Å². The predicted octanol–water partition coefficient (Wildman–Crippen LogP) is 2.77. The maximum atomic E-state index is 5.45. The van der Waals surface area contributed by atoms with E-state index in [0.29, 0.717) is 5.11 Å². The Kier molecular flexibility index (Phi) is 3.53. The summed E-state index contributed by atoms with van der Waals surface area (Å²) in [5, 5.41) is 5.88. The lowest BCUT2D eigenvalue weighted by atomic mass is 10.0. The van der Waals surface area contributed by atoms with Gasteiger partial charge in [0.1, 0.15) is 11.4 Å². The number of methoxy groups -OCH3 is 1. The first-order valence-electron chi connectivity index (χ1n) is 6.72. The van der Waals surface area contributed by atoms with Gasteiger partial charge < -0.3 is 10.1 Å². The summed E-state index contributed by atoms with van der Waals surface area (Å²) < 4.78 is 5.20. The van der Waals surface area contributed by atoms with Crippen LogP contribution in [0.3, 0.4) is 0 Å². The van der Waals surface area contributed by atoms with Gasteiger partial charge in [-0.1, -0.05) is 30.3 Å². The molecule has 0 amide bonds. The molecule has 2 N–H and O–H groups in total. The fourth-order valence-corrected chi connectivity index (χ4v) is 2.75. The van der Waals surface area contributed by atoms with E-state index in [2.05, 4.69) is 17.7 Å². The summed E-state index contributed by atoms with van der Waals surface area (Å²) in [5.74, 6) is 0.836. The van der Waals surface area contributed by atoms with Crippen LogP contribution in [0, 0.1) is 0 Å². The topological polar surface area (TPSA) is 36.5 Å². The Bertz CT molecular complexity index is 644. The molecule has 1 fully saturated rings. The number of ether oxygens (including phenoxy) is 1. The predicted molar refractivity (Wildman–Crippen MR) is 88.1 cm³/mol. The molecule has 0 aromatic heterocycles. The third-order valence-electron chi connectivity index (χ3n) is 3.58. The second-order valence-electron chi connectivity index (χ2n) is 5.07. The van der Waals surface area contributed by atoms with Crippen molar-refractivity contribution >= 4 is 23.0 Å². The zero-order chi connectivity index (χ0) is 14.9. The number of hydrogen-bond donors (Lipinski definition) is 2. The monoisotopic (exact) mass is 299 g/mol. The molecule has 0 bridgehead atoms. The highest BCUT2D eigenvalue weighted by Gasteiger charge is 2.37. The highest BCUT2D eigenvalue weighted by Crippen LogP contribution is 2.27. The van der Waals surface area contributed by atoms with Gasteiger partial charge in [-0.05, 0) is 49.0 Å². The van der Waals surface area contributed by atoms with Crippen molar-refractivity contribution in [2.24, 2.45) is 0 Å². The van der Waals surface area contributed by atoms with Crippen molar-refractivity contribution in [3.8, 4) is 5.75 Å². The lowest BCUT2D eigenvalue weighted by Crippen LogP contribution is -2.45. The zero-order valence-electron chi connectivity index (χ0n) is 12.0. The van der Waals surface area contributed by atoms with Gasteiger partial charge in [-0.3, -0.25) is 0 Å². The average molecular weight is 299 g/mol. The van der Waals surface area contributed by atoms with Crippen LogP contribution in [0.15, 0.2) is 54.6 Å². The van der Waals surface area contributed by atoms with Gasteiger partial charge in [0, 0.05) is 0 Å². The van der Waals surface area contributed by atoms with Gasteiger partial charge in [0.05, 0.1) is 12.8 Å². The number of para-hydroxylation sites is 1. The Balaban J connectivity index is 1.88. The highest BCUT2D eigenvalue weighted by molar-refractivity contribution is 7.80. The summed E-state index contributed by atoms with van der Waals surface area (Å²) in [4.78, 5) is 0. The molecule has 2 aromatic carbocycles. The van der Waals surface area contributed by atoms with Gasteiger partial charge in [0.15, 0.2) is 5.11 Å². The van der Waals surface area contributed by atoms with E-state index in [0.717, 1.165) is 17.0 Å². The molecular formula is C16H17N3OS. The quantitative estimate of drug-likeness (QED) is 0.852. The van der Waals surface area contributed by atoms with Gasteiger partial charge in [0.25, 0.3) is 0 Å². The molecule has 1 saturated heterocycles. The third-order valence-corrected chi connectivity index (χ3v) is 3.86. The molecule has 1 aliphatic rings. The van der Waals surface area contributed by atoms with Crippen molar-refractivity contribution in [1.29, 1.82) is 0 Å². The Morgan fingerprint density at radius 1 is 1.05 bits per heavy atom. The minimum atomic E-state index is -0.445. The maximum absolute atomic E-state index is 5.45. The fraction of sp³-hybridized carbons (Fsp3) is 0.188. The van der Waals surface area contributed by atoms with E-state index in [4.69, 9.17) is 17.0 Å². The van der Waals surface area contributed by atoms with Gasteiger partial charge in [-0.15, -0.1) is 0 Å². The number of anilines is 1. The van der Waals surface area contributed by atoms with Gasteiger partial charge >= 0.3 is 0 Å². The molecule has 1 aliphatic heterocycles. The maximum Gasteiger partial charge on any atom is 0.190 e. The molecule has 3 rings (SSSR count). The fourth-order valence-electron chi connectivity index (χ4n) is 2.39. The van der Waals surface area contributed by atoms with Gasteiger partial charge in [-0.2, -0.15) is 5.43 Å². The van der Waals surface area contributed by atoms with E-state index >= 15 is 0 Å². The standard InChI is InChI=1S/C16H17N3OS/c1-16(12-8-10-14(20-2)11-9-12)17-15(21)19(18-16)13-6-4-3-5-7-13/h3-11,18H,1-2H3,(H,17,21). The summed E-state index contributed by atoms with van der Waals surface area (Å²) in [7, 11) is 1.66. The van der Waals surface area contributed by atoms with Crippen LogP contribution in [0.2, 0.25) is 0 Å². The van der Waals surface area contributed by atoms with Crippen LogP contribution >= 0.6 is 12.2 Å². The van der Waals surface area contributed by atoms with Gasteiger partial charge in [0.2, 0.25) is 0 Å². The largest absolute Gasteiger partial charge is 0.497 e. The first-order valence-corrected chi connectivity index (χ1v) is 7.13. The molecule has 108 valence electrons. The molecule has 1 unspecified atom stereocenters. The number of hydrogen-bond acceptors (Lipinski definition) is 3. The summed E-state index contributed by atoms with van der Waals surface area (Å²) in [6.07, 6.45) is 0. The lowest BCUT2D eigenvalue weighted by Gasteiger charge is -2.26. The van der Waals surface area contributed by atoms with E-state index in [-0.39, 0.29) is 0 Å². The van der Waals surface area contributed by atoms with Crippen molar-refractivity contribution in [2.75, 3.05) is 12.1 Å². The molecule has 4 nitrogen and oxygen atoms in total. The third kappa shape index (κ3) is 2.57. The van der Waals surface area contributed by atoms with Crippen LogP contribution in [0.4, 0.5) is 5.69 Å². The second-order valence-corrected chi connectivity index (χ2v) is 5.45. The van der Waals surface area contributed by atoms with E-state index in [1.807, 2.05) is 59.6 Å². The Morgan fingerprint density at radius 2 is 1.71 bits per heavy atom. The first-order chi connectivity index (χ1) is 10.1. The molecule has 5 heteroatoms. The van der Waals surface area contributed by atoms with Crippen molar-refractivity contribution in [3.63, 3.8) is 0 Å². The number of nitrogens with zero attached hydrogens (tertiary/aromatic N) is 1. The van der Waals surface area contributed by atoms with Crippen LogP contribution in [-0.4, -0.2) is 12.2 Å². The summed E-state index contributed by atoms with van der Waals surface area (Å²) in [6, 6.07) is 17.9. The van der Waals surface area contributed by atoms with E-state index in [1.54, 1.807) is 7.11 Å². The summed E-state index contributed by atoms with van der Waals surface area (Å²) in [5.41, 5.74) is 5.08. The number of thiocarbonyl (C=S) groups is 1. The van der Waals surface area contributed by atoms with Crippen molar-refractivity contribution in [3.05, 3.63) is 60.2 Å². The van der Waals surface area contributed by atoms with Crippen LogP contribution in [-0.2, 0) is 5.66 Å². The second kappa shape index (κ2) is 5.35. The SMILES string of the molecule is COc1ccc(C2(C)NC(=S)N(c3ccccc3)N2)cc1. The Labute approximate surface area is 129 Å². The van der Waals surface area contributed by atoms with Crippen molar-refractivity contribution in [2.45, 2.75) is 12.6 Å². The number of benzene rings is 2. The van der Waals surface area contributed by atoms with Crippen molar-refractivity contribution < 1.29 is 4.74 Å². The minimum Gasteiger partial charge on any atom is -0.497 e. The summed E-state index contributed by atoms with van der Waals surface area (Å²) in [6.45, 7) is 2.06. The normalized spacial score (nSPS) is 21.2. The Morgan fingerprint density at radius 3 is 2.33 bits per heavy atom. The van der Waals surface area contributed by atoms with Gasteiger partial charge in [-0.25, -0.2) is 5.01 Å².